The number of methoxy groups -OCH3 is 2. The minimum atomic E-state index is -3.53. The van der Waals surface area contributed by atoms with E-state index in [4.69, 9.17) is 21.1 Å². The van der Waals surface area contributed by atoms with Gasteiger partial charge in [-0.15, -0.1) is 0 Å². The maximum absolute atomic E-state index is 12.6. The van der Waals surface area contributed by atoms with E-state index in [0.29, 0.717) is 27.8 Å². The van der Waals surface area contributed by atoms with Crippen molar-refractivity contribution in [2.75, 3.05) is 25.6 Å². The fraction of sp³-hybridized carbons (Fsp3) is 0.250. The molecule has 0 N–H and O–H groups in total. The van der Waals surface area contributed by atoms with Crippen molar-refractivity contribution in [2.24, 2.45) is 0 Å². The fourth-order valence-electron chi connectivity index (χ4n) is 2.07. The molecule has 2 rings (SSSR count). The Labute approximate surface area is 141 Å². The summed E-state index contributed by atoms with van der Waals surface area (Å²) in [7, 11) is 1.01. The number of rotatable bonds is 6. The van der Waals surface area contributed by atoms with E-state index in [9.17, 15) is 8.42 Å². The van der Waals surface area contributed by atoms with Gasteiger partial charge in [0.15, 0.2) is 11.5 Å². The third kappa shape index (κ3) is 4.09. The van der Waals surface area contributed by atoms with Gasteiger partial charge in [0.2, 0.25) is 10.0 Å². The summed E-state index contributed by atoms with van der Waals surface area (Å²) in [6.45, 7) is 0. The number of ether oxygens (including phenoxy) is 2. The van der Waals surface area contributed by atoms with Crippen LogP contribution in [0.3, 0.4) is 0 Å². The summed E-state index contributed by atoms with van der Waals surface area (Å²) in [4.78, 5) is 0. The highest BCUT2D eigenvalue weighted by atomic mass is 35.5. The second-order valence-corrected chi connectivity index (χ2v) is 7.33. The van der Waals surface area contributed by atoms with E-state index in [-0.39, 0.29) is 5.75 Å². The van der Waals surface area contributed by atoms with Crippen LogP contribution in [-0.2, 0) is 15.8 Å². The van der Waals surface area contributed by atoms with Gasteiger partial charge in [-0.05, 0) is 29.8 Å². The molecule has 0 aliphatic heterocycles. The van der Waals surface area contributed by atoms with Crippen LogP contribution in [-0.4, -0.2) is 29.7 Å². The van der Waals surface area contributed by atoms with Crippen molar-refractivity contribution in [2.45, 2.75) is 5.75 Å². The van der Waals surface area contributed by atoms with Crippen LogP contribution in [0.4, 0.5) is 5.69 Å². The molecule has 0 saturated heterocycles. The summed E-state index contributed by atoms with van der Waals surface area (Å²) < 4.78 is 36.7. The number of anilines is 1. The molecule has 0 spiro atoms. The van der Waals surface area contributed by atoms with E-state index < -0.39 is 10.0 Å². The Kier molecular flexibility index (Phi) is 5.38. The summed E-state index contributed by atoms with van der Waals surface area (Å²) in [6, 6.07) is 11.7. The number of halogens is 1. The minimum Gasteiger partial charge on any atom is -0.493 e. The Balaban J connectivity index is 2.27. The highest BCUT2D eigenvalue weighted by Crippen LogP contribution is 2.32. The number of nitrogens with zero attached hydrogens (tertiary/aromatic N) is 1. The van der Waals surface area contributed by atoms with Crippen LogP contribution < -0.4 is 13.8 Å². The topological polar surface area (TPSA) is 55.8 Å². The SMILES string of the molecule is COc1ccc(N(C)S(=O)(=O)Cc2ccc(Cl)cc2)cc1OC. The van der Waals surface area contributed by atoms with Crippen molar-refractivity contribution >= 4 is 27.3 Å². The summed E-state index contributed by atoms with van der Waals surface area (Å²) in [5.41, 5.74) is 1.17. The van der Waals surface area contributed by atoms with Gasteiger partial charge in [0, 0.05) is 18.1 Å². The van der Waals surface area contributed by atoms with Crippen LogP contribution in [0.5, 0.6) is 11.5 Å². The number of sulfonamides is 1. The van der Waals surface area contributed by atoms with E-state index in [1.807, 2.05) is 0 Å². The molecule has 5 nitrogen and oxygen atoms in total. The van der Waals surface area contributed by atoms with E-state index in [1.165, 1.54) is 25.6 Å². The Bertz CT molecular complexity index is 775. The third-order valence-corrected chi connectivity index (χ3v) is 5.41. The van der Waals surface area contributed by atoms with E-state index in [1.54, 1.807) is 42.5 Å². The van der Waals surface area contributed by atoms with Gasteiger partial charge in [-0.2, -0.15) is 0 Å². The lowest BCUT2D eigenvalue weighted by Crippen LogP contribution is -2.27. The first-order chi connectivity index (χ1) is 10.9. The van der Waals surface area contributed by atoms with Crippen LogP contribution in [0.25, 0.3) is 0 Å². The van der Waals surface area contributed by atoms with Gasteiger partial charge in [-0.25, -0.2) is 8.42 Å². The van der Waals surface area contributed by atoms with E-state index in [2.05, 4.69) is 0 Å². The molecule has 0 aromatic heterocycles. The van der Waals surface area contributed by atoms with Crippen molar-refractivity contribution in [3.63, 3.8) is 0 Å². The third-order valence-electron chi connectivity index (χ3n) is 3.41. The Morgan fingerprint density at radius 2 is 1.61 bits per heavy atom. The molecule has 0 amide bonds. The van der Waals surface area contributed by atoms with Gasteiger partial charge >= 0.3 is 0 Å². The first-order valence-corrected chi connectivity index (χ1v) is 8.79. The Hall–Kier alpha value is -1.92. The lowest BCUT2D eigenvalue weighted by Gasteiger charge is -2.21. The lowest BCUT2D eigenvalue weighted by molar-refractivity contribution is 0.355. The molecule has 23 heavy (non-hydrogen) atoms. The van der Waals surface area contributed by atoms with Gasteiger partial charge in [-0.3, -0.25) is 4.31 Å². The largest absolute Gasteiger partial charge is 0.493 e. The average molecular weight is 356 g/mol. The van der Waals surface area contributed by atoms with Crippen LogP contribution >= 0.6 is 11.6 Å². The smallest absolute Gasteiger partial charge is 0.239 e. The maximum Gasteiger partial charge on any atom is 0.239 e. The molecule has 0 aliphatic carbocycles. The van der Waals surface area contributed by atoms with Crippen molar-refractivity contribution in [3.8, 4) is 11.5 Å². The molecule has 0 heterocycles. The predicted molar refractivity (Wildman–Crippen MR) is 92.0 cm³/mol. The number of hydrogen-bond donors (Lipinski definition) is 0. The van der Waals surface area contributed by atoms with E-state index >= 15 is 0 Å². The Morgan fingerprint density at radius 3 is 2.17 bits per heavy atom. The molecular formula is C16H18ClNO4S. The molecule has 0 unspecified atom stereocenters. The molecular weight excluding hydrogens is 338 g/mol. The van der Waals surface area contributed by atoms with Crippen LogP contribution in [0.1, 0.15) is 5.56 Å². The lowest BCUT2D eigenvalue weighted by atomic mass is 10.2. The molecule has 7 heteroatoms. The summed E-state index contributed by atoms with van der Waals surface area (Å²) >= 11 is 5.82. The maximum atomic E-state index is 12.6. The summed E-state index contributed by atoms with van der Waals surface area (Å²) in [5, 5.41) is 0.569. The van der Waals surface area contributed by atoms with Crippen molar-refractivity contribution in [1.29, 1.82) is 0 Å². The zero-order valence-electron chi connectivity index (χ0n) is 13.1. The molecule has 2 aromatic rings. The first-order valence-electron chi connectivity index (χ1n) is 6.80. The summed E-state index contributed by atoms with van der Waals surface area (Å²) in [6.07, 6.45) is 0. The van der Waals surface area contributed by atoms with Gasteiger partial charge in [0.05, 0.1) is 25.7 Å². The Morgan fingerprint density at radius 1 is 1.00 bits per heavy atom. The normalized spacial score (nSPS) is 11.1. The van der Waals surface area contributed by atoms with Crippen LogP contribution in [0.15, 0.2) is 42.5 Å². The second-order valence-electron chi connectivity index (χ2n) is 4.89. The number of hydrogen-bond acceptors (Lipinski definition) is 4. The van der Waals surface area contributed by atoms with Crippen molar-refractivity contribution in [3.05, 3.63) is 53.1 Å². The average Bonchev–Trinajstić information content (AvgIpc) is 2.55. The first kappa shape index (κ1) is 17.4. The molecule has 0 aliphatic rings. The molecule has 0 saturated carbocycles. The molecule has 0 radical (unpaired) electrons. The number of benzene rings is 2. The fourth-order valence-corrected chi connectivity index (χ4v) is 3.44. The van der Waals surface area contributed by atoms with Gasteiger partial charge in [0.1, 0.15) is 0 Å². The standard InChI is InChI=1S/C16H18ClNO4S/c1-18(14-8-9-15(21-2)16(10-14)22-3)23(19,20)11-12-4-6-13(17)7-5-12/h4-10H,11H2,1-3H3. The van der Waals surface area contributed by atoms with Gasteiger partial charge < -0.3 is 9.47 Å². The molecule has 0 fully saturated rings. The second kappa shape index (κ2) is 7.10. The highest BCUT2D eigenvalue weighted by Gasteiger charge is 2.20. The minimum absolute atomic E-state index is 0.116. The molecule has 0 atom stereocenters. The quantitative estimate of drug-likeness (QED) is 0.797. The van der Waals surface area contributed by atoms with Crippen molar-refractivity contribution in [1.82, 2.24) is 0 Å². The molecule has 124 valence electrons. The molecule has 2 aromatic carbocycles. The highest BCUT2D eigenvalue weighted by molar-refractivity contribution is 7.92. The van der Waals surface area contributed by atoms with E-state index in [0.717, 1.165) is 0 Å². The van der Waals surface area contributed by atoms with Crippen LogP contribution in [0, 0.1) is 0 Å². The van der Waals surface area contributed by atoms with Crippen LogP contribution in [0.2, 0.25) is 5.02 Å². The predicted octanol–water partition coefficient (Wildman–Crippen LogP) is 3.32. The zero-order valence-corrected chi connectivity index (χ0v) is 14.7. The summed E-state index contributed by atoms with van der Waals surface area (Å²) in [5.74, 6) is 0.896. The van der Waals surface area contributed by atoms with Gasteiger partial charge in [-0.1, -0.05) is 23.7 Å². The van der Waals surface area contributed by atoms with Crippen molar-refractivity contribution < 1.29 is 17.9 Å². The molecule has 0 bridgehead atoms. The monoisotopic (exact) mass is 355 g/mol. The zero-order chi connectivity index (χ0) is 17.0. The van der Waals surface area contributed by atoms with Gasteiger partial charge in [0.25, 0.3) is 0 Å².